The molecule has 0 radical (unpaired) electrons. The highest BCUT2D eigenvalue weighted by molar-refractivity contribution is 6.60. The molecular formula is C19H39NO3Si. The van der Waals surface area contributed by atoms with Crippen molar-refractivity contribution >= 4 is 15.0 Å². The Balaban J connectivity index is 4.06. The lowest BCUT2D eigenvalue weighted by molar-refractivity contribution is 0.0710. The van der Waals surface area contributed by atoms with Crippen molar-refractivity contribution in [2.75, 3.05) is 26.4 Å². The van der Waals surface area contributed by atoms with Crippen LogP contribution in [0.5, 0.6) is 0 Å². The fraction of sp³-hybridized carbons (Fsp3) is 0.842. The topological polar surface area (TPSA) is 40.0 Å². The maximum absolute atomic E-state index is 5.85. The van der Waals surface area contributed by atoms with Crippen LogP contribution in [0.25, 0.3) is 0 Å². The second kappa shape index (κ2) is 14.8. The summed E-state index contributed by atoms with van der Waals surface area (Å²) < 4.78 is 17.5. The predicted molar refractivity (Wildman–Crippen MR) is 106 cm³/mol. The first-order valence-electron chi connectivity index (χ1n) is 9.55. The maximum Gasteiger partial charge on any atom is 0.500 e. The van der Waals surface area contributed by atoms with Crippen molar-refractivity contribution in [1.82, 2.24) is 0 Å². The van der Waals surface area contributed by atoms with Crippen LogP contribution < -0.4 is 0 Å². The average Bonchev–Trinajstić information content (AvgIpc) is 2.50. The molecule has 0 saturated carbocycles. The Labute approximate surface area is 151 Å². The molecule has 0 aromatic carbocycles. The van der Waals surface area contributed by atoms with Gasteiger partial charge in [-0.3, -0.25) is 4.99 Å². The van der Waals surface area contributed by atoms with E-state index in [0.717, 1.165) is 37.8 Å². The molecule has 0 unspecified atom stereocenters. The molecule has 0 aromatic heterocycles. The number of hydrogen-bond acceptors (Lipinski definition) is 4. The van der Waals surface area contributed by atoms with E-state index < -0.39 is 8.80 Å². The van der Waals surface area contributed by atoms with Gasteiger partial charge in [0.25, 0.3) is 0 Å². The highest BCUT2D eigenvalue weighted by atomic mass is 28.4. The van der Waals surface area contributed by atoms with Crippen LogP contribution in [0.15, 0.2) is 16.6 Å². The molecule has 0 N–H and O–H groups in total. The lowest BCUT2D eigenvalue weighted by Gasteiger charge is -2.28. The van der Waals surface area contributed by atoms with Crippen molar-refractivity contribution in [3.63, 3.8) is 0 Å². The monoisotopic (exact) mass is 357 g/mol. The minimum Gasteiger partial charge on any atom is -0.374 e. The molecule has 0 aliphatic heterocycles. The van der Waals surface area contributed by atoms with Crippen LogP contribution in [0.3, 0.4) is 0 Å². The first kappa shape index (κ1) is 23.5. The van der Waals surface area contributed by atoms with E-state index in [2.05, 4.69) is 31.8 Å². The minimum absolute atomic E-state index is 0.636. The molecule has 0 spiro atoms. The van der Waals surface area contributed by atoms with Gasteiger partial charge in [-0.15, -0.1) is 0 Å². The normalized spacial score (nSPS) is 13.4. The van der Waals surface area contributed by atoms with E-state index in [9.17, 15) is 0 Å². The summed E-state index contributed by atoms with van der Waals surface area (Å²) in [5.41, 5.74) is 1.49. The molecule has 5 heteroatoms. The Bertz CT molecular complexity index is 340. The summed E-state index contributed by atoms with van der Waals surface area (Å²) in [7, 11) is -2.48. The first-order chi connectivity index (χ1) is 11.5. The Kier molecular flexibility index (Phi) is 14.5. The maximum atomic E-state index is 5.85. The van der Waals surface area contributed by atoms with Gasteiger partial charge in [-0.25, -0.2) is 0 Å². The number of rotatable bonds is 15. The Morgan fingerprint density at radius 1 is 1.00 bits per heavy atom. The van der Waals surface area contributed by atoms with Gasteiger partial charge in [0.2, 0.25) is 0 Å². The van der Waals surface area contributed by atoms with E-state index in [-0.39, 0.29) is 0 Å². The van der Waals surface area contributed by atoms with Gasteiger partial charge in [-0.1, -0.05) is 25.5 Å². The summed E-state index contributed by atoms with van der Waals surface area (Å²) in [6, 6.07) is 0.841. The van der Waals surface area contributed by atoms with Gasteiger partial charge in [-0.2, -0.15) is 0 Å². The van der Waals surface area contributed by atoms with Crippen LogP contribution in [-0.4, -0.2) is 41.4 Å². The standard InChI is InChI=1S/C19H39NO3Si/c1-7-21-24(22-8-2,23-9-3)16-12-15-20-14-11-10-13-19(6)17-18(4)5/h13-14,18H,7-12,15-17H2,1-6H3. The van der Waals surface area contributed by atoms with E-state index in [4.69, 9.17) is 13.3 Å². The molecule has 0 heterocycles. The molecule has 0 amide bonds. The summed E-state index contributed by atoms with van der Waals surface area (Å²) in [6.45, 7) is 15.4. The summed E-state index contributed by atoms with van der Waals surface area (Å²) in [5, 5.41) is 0. The molecule has 24 heavy (non-hydrogen) atoms. The Morgan fingerprint density at radius 2 is 1.58 bits per heavy atom. The van der Waals surface area contributed by atoms with E-state index in [1.807, 2.05) is 27.0 Å². The summed E-state index contributed by atoms with van der Waals surface area (Å²) in [6.07, 6.45) is 8.62. The second-order valence-corrected chi connectivity index (χ2v) is 9.13. The van der Waals surface area contributed by atoms with Gasteiger partial charge in [0.05, 0.1) is 0 Å². The van der Waals surface area contributed by atoms with Crippen LogP contribution in [0.4, 0.5) is 0 Å². The number of aliphatic imine (C=N–C) groups is 1. The fourth-order valence-corrected chi connectivity index (χ4v) is 5.30. The summed E-state index contributed by atoms with van der Waals surface area (Å²) >= 11 is 0. The Morgan fingerprint density at radius 3 is 2.08 bits per heavy atom. The average molecular weight is 358 g/mol. The molecule has 0 bridgehead atoms. The Hall–Kier alpha value is -0.493. The van der Waals surface area contributed by atoms with Gasteiger partial charge in [0.1, 0.15) is 0 Å². The van der Waals surface area contributed by atoms with Crippen molar-refractivity contribution in [3.05, 3.63) is 11.6 Å². The second-order valence-electron chi connectivity index (χ2n) is 6.40. The molecule has 0 aromatic rings. The summed E-state index contributed by atoms with van der Waals surface area (Å²) in [4.78, 5) is 4.51. The number of hydrogen-bond donors (Lipinski definition) is 0. The van der Waals surface area contributed by atoms with Gasteiger partial charge in [-0.05, 0) is 65.5 Å². The number of allylic oxidation sites excluding steroid dienone is 2. The number of unbranched alkanes of at least 4 members (excludes halogenated alkanes) is 1. The van der Waals surface area contributed by atoms with Crippen molar-refractivity contribution in [1.29, 1.82) is 0 Å². The van der Waals surface area contributed by atoms with E-state index in [1.54, 1.807) is 0 Å². The van der Waals surface area contributed by atoms with Crippen LogP contribution in [0, 0.1) is 5.92 Å². The first-order valence-corrected chi connectivity index (χ1v) is 11.5. The predicted octanol–water partition coefficient (Wildman–Crippen LogP) is 5.27. The molecule has 0 aliphatic rings. The van der Waals surface area contributed by atoms with Crippen LogP contribution in [-0.2, 0) is 13.3 Å². The van der Waals surface area contributed by atoms with Gasteiger partial charge in [0, 0.05) is 32.4 Å². The zero-order valence-corrected chi connectivity index (χ0v) is 17.8. The third kappa shape index (κ3) is 12.0. The zero-order chi connectivity index (χ0) is 18.3. The van der Waals surface area contributed by atoms with Crippen molar-refractivity contribution in [2.45, 2.75) is 73.3 Å². The molecule has 4 nitrogen and oxygen atoms in total. The van der Waals surface area contributed by atoms with Crippen molar-refractivity contribution in [2.24, 2.45) is 10.9 Å². The van der Waals surface area contributed by atoms with Crippen LogP contribution >= 0.6 is 0 Å². The van der Waals surface area contributed by atoms with Crippen LogP contribution in [0.1, 0.15) is 67.2 Å². The van der Waals surface area contributed by atoms with E-state index in [1.165, 1.54) is 12.0 Å². The largest absolute Gasteiger partial charge is 0.500 e. The number of nitrogens with zero attached hydrogens (tertiary/aromatic N) is 1. The molecule has 0 rings (SSSR count). The lowest BCUT2D eigenvalue weighted by atomic mass is 10.0. The quantitative estimate of drug-likeness (QED) is 0.173. The molecule has 0 aliphatic carbocycles. The fourth-order valence-electron chi connectivity index (χ4n) is 2.70. The SMILES string of the molecule is CCO[Si](CCCN=CCCC=C(C)CC(C)C)(OCC)OCC. The molecule has 142 valence electrons. The van der Waals surface area contributed by atoms with Crippen LogP contribution in [0.2, 0.25) is 6.04 Å². The van der Waals surface area contributed by atoms with E-state index >= 15 is 0 Å². The van der Waals surface area contributed by atoms with Crippen molar-refractivity contribution < 1.29 is 13.3 Å². The third-order valence-electron chi connectivity index (χ3n) is 3.51. The van der Waals surface area contributed by atoms with E-state index in [0.29, 0.717) is 19.8 Å². The lowest BCUT2D eigenvalue weighted by Crippen LogP contribution is -2.46. The highest BCUT2D eigenvalue weighted by Gasteiger charge is 2.39. The summed E-state index contributed by atoms with van der Waals surface area (Å²) in [5.74, 6) is 0.736. The zero-order valence-electron chi connectivity index (χ0n) is 16.8. The van der Waals surface area contributed by atoms with Gasteiger partial charge in [0.15, 0.2) is 0 Å². The van der Waals surface area contributed by atoms with Crippen molar-refractivity contribution in [3.8, 4) is 0 Å². The highest BCUT2D eigenvalue weighted by Crippen LogP contribution is 2.18. The third-order valence-corrected chi connectivity index (χ3v) is 6.66. The molecule has 0 saturated heterocycles. The molecular weight excluding hydrogens is 318 g/mol. The smallest absolute Gasteiger partial charge is 0.374 e. The van der Waals surface area contributed by atoms with Gasteiger partial charge >= 0.3 is 8.80 Å². The minimum atomic E-state index is -2.48. The molecule has 0 atom stereocenters. The van der Waals surface area contributed by atoms with Gasteiger partial charge < -0.3 is 13.3 Å². The molecule has 0 fully saturated rings.